The van der Waals surface area contributed by atoms with Gasteiger partial charge in [0.2, 0.25) is 0 Å². The van der Waals surface area contributed by atoms with Gasteiger partial charge < -0.3 is 9.73 Å². The minimum Gasteiger partial charge on any atom is -0.422 e. The van der Waals surface area contributed by atoms with Crippen LogP contribution in [0.4, 0.5) is 5.69 Å². The van der Waals surface area contributed by atoms with E-state index >= 15 is 0 Å². The summed E-state index contributed by atoms with van der Waals surface area (Å²) >= 11 is 0. The fourth-order valence-corrected chi connectivity index (χ4v) is 3.08. The van der Waals surface area contributed by atoms with Crippen LogP contribution in [-0.2, 0) is 0 Å². The normalized spacial score (nSPS) is 10.7. The molecule has 4 aromatic rings. The minimum absolute atomic E-state index is 0.0372. The standard InChI is InChI=1S/C24H17NO4/c1-15(26)16-9-11-20(12-10-16)25-23(27)19-7-4-6-17(13-19)21-14-18-5-2-3-8-22(18)29-24(21)28/h2-14H,1H3,(H,25,27). The minimum atomic E-state index is -0.457. The van der Waals surface area contributed by atoms with E-state index in [0.717, 1.165) is 5.39 Å². The molecule has 5 nitrogen and oxygen atoms in total. The average molecular weight is 383 g/mol. The molecule has 1 amide bonds. The maximum atomic E-state index is 12.6. The number of benzene rings is 3. The molecule has 1 aromatic heterocycles. The molecule has 0 unspecified atom stereocenters. The lowest BCUT2D eigenvalue weighted by Crippen LogP contribution is -2.12. The topological polar surface area (TPSA) is 76.4 Å². The van der Waals surface area contributed by atoms with Crippen LogP contribution >= 0.6 is 0 Å². The summed E-state index contributed by atoms with van der Waals surface area (Å²) in [5.41, 5.74) is 2.62. The number of hydrogen-bond donors (Lipinski definition) is 1. The van der Waals surface area contributed by atoms with Crippen LogP contribution in [-0.4, -0.2) is 11.7 Å². The molecule has 0 aliphatic heterocycles. The second-order valence-corrected chi connectivity index (χ2v) is 6.65. The number of Topliss-reactive ketones (excluding diaryl/α,β-unsaturated/α-hetero) is 1. The van der Waals surface area contributed by atoms with Gasteiger partial charge in [-0.25, -0.2) is 4.79 Å². The van der Waals surface area contributed by atoms with E-state index in [1.54, 1.807) is 66.7 Å². The highest BCUT2D eigenvalue weighted by Gasteiger charge is 2.12. The molecule has 5 heteroatoms. The Hall–Kier alpha value is -3.99. The van der Waals surface area contributed by atoms with Gasteiger partial charge >= 0.3 is 5.63 Å². The number of fused-ring (bicyclic) bond motifs is 1. The van der Waals surface area contributed by atoms with Crippen LogP contribution in [0.25, 0.3) is 22.1 Å². The zero-order valence-electron chi connectivity index (χ0n) is 15.6. The van der Waals surface area contributed by atoms with Crippen molar-refractivity contribution in [2.75, 3.05) is 5.32 Å². The SMILES string of the molecule is CC(=O)c1ccc(NC(=O)c2cccc(-c3cc4ccccc4oc3=O)c2)cc1. The number of nitrogens with one attached hydrogen (secondary N) is 1. The molecule has 0 radical (unpaired) electrons. The van der Waals surface area contributed by atoms with E-state index in [0.29, 0.717) is 33.5 Å². The highest BCUT2D eigenvalue weighted by atomic mass is 16.4. The van der Waals surface area contributed by atoms with Crippen molar-refractivity contribution in [1.29, 1.82) is 0 Å². The number of carbonyl (C=O) groups excluding carboxylic acids is 2. The fourth-order valence-electron chi connectivity index (χ4n) is 3.08. The van der Waals surface area contributed by atoms with E-state index in [9.17, 15) is 14.4 Å². The largest absolute Gasteiger partial charge is 0.422 e. The van der Waals surface area contributed by atoms with Crippen molar-refractivity contribution in [3.8, 4) is 11.1 Å². The van der Waals surface area contributed by atoms with Gasteiger partial charge in [0.05, 0.1) is 5.56 Å². The molecule has 0 fully saturated rings. The number of amides is 1. The summed E-state index contributed by atoms with van der Waals surface area (Å²) in [5, 5.41) is 3.60. The van der Waals surface area contributed by atoms with Crippen LogP contribution in [0.1, 0.15) is 27.6 Å². The Labute approximate surface area is 166 Å². The number of anilines is 1. The lowest BCUT2D eigenvalue weighted by Gasteiger charge is -2.08. The molecule has 0 saturated heterocycles. The number of ketones is 1. The van der Waals surface area contributed by atoms with Crippen molar-refractivity contribution in [2.24, 2.45) is 0 Å². The van der Waals surface area contributed by atoms with E-state index in [4.69, 9.17) is 4.42 Å². The first kappa shape index (κ1) is 18.4. The van der Waals surface area contributed by atoms with E-state index in [1.165, 1.54) is 6.92 Å². The number of rotatable bonds is 4. The molecular weight excluding hydrogens is 366 g/mol. The highest BCUT2D eigenvalue weighted by molar-refractivity contribution is 6.05. The molecule has 0 atom stereocenters. The monoisotopic (exact) mass is 383 g/mol. The predicted octanol–water partition coefficient (Wildman–Crippen LogP) is 4.91. The lowest BCUT2D eigenvalue weighted by atomic mass is 10.0. The third-order valence-corrected chi connectivity index (χ3v) is 4.63. The van der Waals surface area contributed by atoms with E-state index < -0.39 is 5.63 Å². The van der Waals surface area contributed by atoms with Gasteiger partial charge in [-0.1, -0.05) is 30.3 Å². The first-order valence-corrected chi connectivity index (χ1v) is 9.07. The van der Waals surface area contributed by atoms with Crippen molar-refractivity contribution in [2.45, 2.75) is 6.92 Å². The molecule has 0 spiro atoms. The number of carbonyl (C=O) groups is 2. The van der Waals surface area contributed by atoms with Gasteiger partial charge in [-0.3, -0.25) is 9.59 Å². The van der Waals surface area contributed by atoms with Crippen molar-refractivity contribution in [3.63, 3.8) is 0 Å². The molecule has 142 valence electrons. The van der Waals surface area contributed by atoms with Crippen LogP contribution in [0.2, 0.25) is 0 Å². The van der Waals surface area contributed by atoms with E-state index in [2.05, 4.69) is 5.32 Å². The zero-order valence-corrected chi connectivity index (χ0v) is 15.6. The van der Waals surface area contributed by atoms with Crippen molar-refractivity contribution >= 4 is 28.3 Å². The Morgan fingerprint density at radius 3 is 2.34 bits per heavy atom. The summed E-state index contributed by atoms with van der Waals surface area (Å²) in [4.78, 5) is 36.4. The van der Waals surface area contributed by atoms with E-state index in [-0.39, 0.29) is 11.7 Å². The summed E-state index contributed by atoms with van der Waals surface area (Å²) < 4.78 is 5.39. The van der Waals surface area contributed by atoms with Gasteiger partial charge in [0.15, 0.2) is 5.78 Å². The molecule has 0 aliphatic rings. The molecule has 0 aliphatic carbocycles. The van der Waals surface area contributed by atoms with Crippen molar-refractivity contribution in [3.05, 3.63) is 100 Å². The Morgan fingerprint density at radius 1 is 0.828 bits per heavy atom. The summed E-state index contributed by atoms with van der Waals surface area (Å²) in [7, 11) is 0. The lowest BCUT2D eigenvalue weighted by molar-refractivity contribution is 0.101. The summed E-state index contributed by atoms with van der Waals surface area (Å²) in [6.07, 6.45) is 0. The Kier molecular flexibility index (Phi) is 4.79. The maximum absolute atomic E-state index is 12.6. The smallest absolute Gasteiger partial charge is 0.344 e. The van der Waals surface area contributed by atoms with Crippen molar-refractivity contribution in [1.82, 2.24) is 0 Å². The van der Waals surface area contributed by atoms with Gasteiger partial charge in [-0.15, -0.1) is 0 Å². The molecule has 0 saturated carbocycles. The average Bonchev–Trinajstić information content (AvgIpc) is 2.73. The predicted molar refractivity (Wildman–Crippen MR) is 112 cm³/mol. The van der Waals surface area contributed by atoms with Crippen LogP contribution in [0.3, 0.4) is 0 Å². The zero-order chi connectivity index (χ0) is 20.4. The third kappa shape index (κ3) is 3.84. The Morgan fingerprint density at radius 2 is 1.59 bits per heavy atom. The first-order chi connectivity index (χ1) is 14.0. The second kappa shape index (κ2) is 7.56. The molecule has 3 aromatic carbocycles. The molecular formula is C24H17NO4. The Bertz CT molecular complexity index is 1290. The second-order valence-electron chi connectivity index (χ2n) is 6.65. The summed E-state index contributed by atoms with van der Waals surface area (Å²) in [6, 6.07) is 22.5. The van der Waals surface area contributed by atoms with Gasteiger partial charge in [0.1, 0.15) is 5.58 Å². The number of hydrogen-bond acceptors (Lipinski definition) is 4. The van der Waals surface area contributed by atoms with Crippen molar-refractivity contribution < 1.29 is 14.0 Å². The fraction of sp³-hybridized carbons (Fsp3) is 0.0417. The van der Waals surface area contributed by atoms with Crippen LogP contribution in [0, 0.1) is 0 Å². The van der Waals surface area contributed by atoms with Gasteiger partial charge in [0, 0.05) is 22.2 Å². The molecule has 1 heterocycles. The van der Waals surface area contributed by atoms with Crippen LogP contribution in [0.5, 0.6) is 0 Å². The summed E-state index contributed by atoms with van der Waals surface area (Å²) in [6.45, 7) is 1.49. The highest BCUT2D eigenvalue weighted by Crippen LogP contribution is 2.22. The molecule has 4 rings (SSSR count). The molecule has 0 bridgehead atoms. The van der Waals surface area contributed by atoms with Crippen LogP contribution in [0.15, 0.2) is 88.1 Å². The summed E-state index contributed by atoms with van der Waals surface area (Å²) in [5.74, 6) is -0.350. The number of para-hydroxylation sites is 1. The first-order valence-electron chi connectivity index (χ1n) is 9.07. The Balaban J connectivity index is 1.63. The maximum Gasteiger partial charge on any atom is 0.344 e. The van der Waals surface area contributed by atoms with Gasteiger partial charge in [-0.05, 0) is 61.0 Å². The molecule has 29 heavy (non-hydrogen) atoms. The van der Waals surface area contributed by atoms with Gasteiger partial charge in [0.25, 0.3) is 5.91 Å². The third-order valence-electron chi connectivity index (χ3n) is 4.63. The van der Waals surface area contributed by atoms with Gasteiger partial charge in [-0.2, -0.15) is 0 Å². The molecule has 1 N–H and O–H groups in total. The van der Waals surface area contributed by atoms with Crippen LogP contribution < -0.4 is 10.9 Å². The quantitative estimate of drug-likeness (QED) is 0.401. The van der Waals surface area contributed by atoms with E-state index in [1.807, 2.05) is 12.1 Å².